The number of hydrogen-bond acceptors (Lipinski definition) is 19. The van der Waals surface area contributed by atoms with Crippen LogP contribution in [0.2, 0.25) is 0 Å². The summed E-state index contributed by atoms with van der Waals surface area (Å²) in [5.41, 5.74) is -4.96. The lowest BCUT2D eigenvalue weighted by Crippen LogP contribution is -2.67. The van der Waals surface area contributed by atoms with E-state index in [4.69, 9.17) is 37.9 Å². The molecule has 0 amide bonds. The van der Waals surface area contributed by atoms with Gasteiger partial charge in [-0.25, -0.2) is 4.79 Å². The van der Waals surface area contributed by atoms with Gasteiger partial charge in [-0.2, -0.15) is 0 Å². The first kappa shape index (κ1) is 44.7. The molecule has 4 aliphatic heterocycles. The third-order valence-electron chi connectivity index (χ3n) is 16.0. The van der Waals surface area contributed by atoms with Crippen LogP contribution in [0.25, 0.3) is 0 Å². The zero-order valence-corrected chi connectivity index (χ0v) is 34.2. The Morgan fingerprint density at radius 2 is 1.58 bits per heavy atom. The molecule has 0 spiro atoms. The zero-order valence-electron chi connectivity index (χ0n) is 34.2. The molecule has 8 aliphatic rings. The minimum atomic E-state index is -2.00. The first-order valence-electron chi connectivity index (χ1n) is 21.3. The molecule has 0 unspecified atom stereocenters. The highest BCUT2D eigenvalue weighted by Crippen LogP contribution is 2.71. The maximum Gasteiger partial charge on any atom is 0.331 e. The lowest BCUT2D eigenvalue weighted by atomic mass is 9.42. The molecule has 0 bridgehead atoms. The summed E-state index contributed by atoms with van der Waals surface area (Å²) in [6.45, 7) is 3.30. The number of cyclic esters (lactones) is 1. The lowest BCUT2D eigenvalue weighted by Gasteiger charge is -2.66. The third-order valence-corrected chi connectivity index (χ3v) is 16.0. The summed E-state index contributed by atoms with van der Waals surface area (Å²) < 4.78 is 45.9. The quantitative estimate of drug-likeness (QED) is 0.0852. The van der Waals surface area contributed by atoms with Gasteiger partial charge in [0.1, 0.15) is 54.9 Å². The smallest absolute Gasteiger partial charge is 0.331 e. The Hall–Kier alpha value is -1.92. The average Bonchev–Trinajstić information content (AvgIpc) is 3.81. The predicted octanol–water partition coefficient (Wildman–Crippen LogP) is -1.96. The van der Waals surface area contributed by atoms with Crippen LogP contribution < -0.4 is 0 Å². The van der Waals surface area contributed by atoms with E-state index in [1.807, 2.05) is 6.92 Å². The van der Waals surface area contributed by atoms with Crippen molar-refractivity contribution in [2.45, 2.75) is 169 Å². The average molecular weight is 859 g/mol. The van der Waals surface area contributed by atoms with E-state index in [0.717, 1.165) is 5.57 Å². The maximum atomic E-state index is 12.8. The molecule has 340 valence electrons. The molecule has 3 saturated heterocycles. The van der Waals surface area contributed by atoms with Crippen molar-refractivity contribution in [2.75, 3.05) is 33.0 Å². The standard InChI is InChI=1S/C41H62O19/c1-19(44)56-26-13-41(52)23-6-9-40(51)12-21(4-7-37(40,2)22(23)5-8-38(41,3)30(26)20-10-28(47)53-15-20)57-29-11-24(45)32(27(14-42)58-29)59-35-31(48)33(25(46)16-54-35)60-36-34(49)39(50,17-43)18-55-36/h10,21-27,29-36,42-43,45-46,48-52H,4-9,11-18H2,1-3H3/t21-,22-,23+,24-,25+,26-,27+,29+,30-,31+,32-,33-,34-,35-,36-,37+,38+,39+,40-,41-/m0/s1. The topological polar surface area (TPSA) is 290 Å². The molecular weight excluding hydrogens is 796 g/mol. The fraction of sp³-hybridized carbons (Fsp3) is 0.902. The number of esters is 2. The van der Waals surface area contributed by atoms with Crippen molar-refractivity contribution in [3.05, 3.63) is 11.6 Å². The number of aliphatic hydroxyl groups is 9. The summed E-state index contributed by atoms with van der Waals surface area (Å²) in [6.07, 6.45) is -9.71. The number of rotatable bonds is 10. The monoisotopic (exact) mass is 858 g/mol. The fourth-order valence-corrected chi connectivity index (χ4v) is 12.7. The van der Waals surface area contributed by atoms with Gasteiger partial charge in [-0.05, 0) is 61.3 Å². The van der Waals surface area contributed by atoms with Crippen LogP contribution in [0.4, 0.5) is 0 Å². The van der Waals surface area contributed by atoms with Crippen molar-refractivity contribution in [1.29, 1.82) is 0 Å². The molecule has 0 aromatic carbocycles. The van der Waals surface area contributed by atoms with Gasteiger partial charge in [-0.15, -0.1) is 0 Å². The highest BCUT2D eigenvalue weighted by Gasteiger charge is 2.73. The van der Waals surface area contributed by atoms with E-state index < -0.39 is 139 Å². The van der Waals surface area contributed by atoms with E-state index in [-0.39, 0.29) is 44.3 Å². The number of ether oxygens (including phenoxy) is 8. The van der Waals surface area contributed by atoms with Crippen molar-refractivity contribution < 1.29 is 93.4 Å². The van der Waals surface area contributed by atoms with Gasteiger partial charge >= 0.3 is 11.9 Å². The molecule has 9 N–H and O–H groups in total. The van der Waals surface area contributed by atoms with Gasteiger partial charge in [0.15, 0.2) is 18.9 Å². The Kier molecular flexibility index (Phi) is 12.1. The Morgan fingerprint density at radius 3 is 2.25 bits per heavy atom. The molecule has 60 heavy (non-hydrogen) atoms. The highest BCUT2D eigenvalue weighted by molar-refractivity contribution is 5.85. The summed E-state index contributed by atoms with van der Waals surface area (Å²) >= 11 is 0. The van der Waals surface area contributed by atoms with Gasteiger partial charge in [0, 0.05) is 43.6 Å². The van der Waals surface area contributed by atoms with Crippen LogP contribution in [0.3, 0.4) is 0 Å². The summed E-state index contributed by atoms with van der Waals surface area (Å²) in [4.78, 5) is 24.4. The summed E-state index contributed by atoms with van der Waals surface area (Å²) in [5.74, 6) is -1.56. The van der Waals surface area contributed by atoms with E-state index >= 15 is 0 Å². The molecule has 19 nitrogen and oxygen atoms in total. The van der Waals surface area contributed by atoms with Crippen LogP contribution in [0.15, 0.2) is 11.6 Å². The molecule has 0 radical (unpaired) electrons. The Labute approximate surface area is 347 Å². The predicted molar refractivity (Wildman–Crippen MR) is 199 cm³/mol. The van der Waals surface area contributed by atoms with Crippen molar-refractivity contribution in [3.63, 3.8) is 0 Å². The Balaban J connectivity index is 0.900. The molecule has 0 aromatic heterocycles. The molecule has 4 saturated carbocycles. The minimum absolute atomic E-state index is 0.0603. The third kappa shape index (κ3) is 7.26. The first-order valence-corrected chi connectivity index (χ1v) is 21.3. The number of aliphatic hydroxyl groups excluding tert-OH is 6. The van der Waals surface area contributed by atoms with Gasteiger partial charge in [0.05, 0.1) is 49.8 Å². The number of hydrogen-bond donors (Lipinski definition) is 9. The van der Waals surface area contributed by atoms with Crippen LogP contribution >= 0.6 is 0 Å². The molecule has 0 aromatic rings. The molecular formula is C41H62O19. The normalized spacial score (nSPS) is 52.8. The molecule has 7 fully saturated rings. The Bertz CT molecular complexity index is 1650. The number of carbonyl (C=O) groups excluding carboxylic acids is 2. The number of fused-ring (bicyclic) bond motifs is 5. The van der Waals surface area contributed by atoms with E-state index in [0.29, 0.717) is 38.5 Å². The van der Waals surface area contributed by atoms with E-state index in [2.05, 4.69) is 6.92 Å². The van der Waals surface area contributed by atoms with E-state index in [9.17, 15) is 55.5 Å². The second kappa shape index (κ2) is 16.3. The molecule has 8 rings (SSSR count). The zero-order chi connectivity index (χ0) is 43.2. The molecule has 19 heteroatoms. The highest BCUT2D eigenvalue weighted by atomic mass is 16.7. The van der Waals surface area contributed by atoms with Crippen LogP contribution in [0.1, 0.15) is 78.6 Å². The Morgan fingerprint density at radius 1 is 0.867 bits per heavy atom. The van der Waals surface area contributed by atoms with E-state index in [1.165, 1.54) is 13.0 Å². The van der Waals surface area contributed by atoms with E-state index in [1.54, 1.807) is 0 Å². The van der Waals surface area contributed by atoms with Crippen LogP contribution in [0.5, 0.6) is 0 Å². The summed E-state index contributed by atoms with van der Waals surface area (Å²) in [7, 11) is 0. The fourth-order valence-electron chi connectivity index (χ4n) is 12.7. The molecule has 4 heterocycles. The molecule has 20 atom stereocenters. The van der Waals surface area contributed by atoms with Crippen molar-refractivity contribution in [1.82, 2.24) is 0 Å². The largest absolute Gasteiger partial charge is 0.462 e. The lowest BCUT2D eigenvalue weighted by molar-refractivity contribution is -0.346. The second-order valence-corrected chi connectivity index (χ2v) is 19.2. The van der Waals surface area contributed by atoms with Crippen molar-refractivity contribution >= 4 is 11.9 Å². The maximum absolute atomic E-state index is 12.8. The van der Waals surface area contributed by atoms with Crippen molar-refractivity contribution in [2.24, 2.45) is 28.6 Å². The first-order chi connectivity index (χ1) is 28.3. The summed E-state index contributed by atoms with van der Waals surface area (Å²) in [5, 5.41) is 98.8. The SMILES string of the molecule is CC(=O)O[C@H]1C[C@]2(O)[C@@H]3CC[C@]4(O)C[C@@H](O[C@H]5C[C@H](O)[C@H](O[C@@H]6OC[C@@H](O)[C@H](O[C@@H]7OC[C@](O)(CO)[C@H]7O)[C@H]6O)[C@@H](CO)O5)CC[C@]4(C)[C@H]3CC[C@]2(C)[C@H]1C1=CC(=O)OC1. The second-order valence-electron chi connectivity index (χ2n) is 19.2. The van der Waals surface area contributed by atoms with Crippen LogP contribution in [-0.4, -0.2) is 182 Å². The van der Waals surface area contributed by atoms with Crippen LogP contribution in [-0.2, 0) is 47.5 Å². The minimum Gasteiger partial charge on any atom is -0.462 e. The van der Waals surface area contributed by atoms with Gasteiger partial charge < -0.3 is 83.9 Å². The van der Waals surface area contributed by atoms with Gasteiger partial charge in [0.2, 0.25) is 0 Å². The van der Waals surface area contributed by atoms with Gasteiger partial charge in [-0.1, -0.05) is 13.8 Å². The van der Waals surface area contributed by atoms with Gasteiger partial charge in [0.25, 0.3) is 0 Å². The van der Waals surface area contributed by atoms with Gasteiger partial charge in [-0.3, -0.25) is 4.79 Å². The molecule has 4 aliphatic carbocycles. The van der Waals surface area contributed by atoms with Crippen LogP contribution in [0, 0.1) is 28.6 Å². The van der Waals surface area contributed by atoms with Crippen molar-refractivity contribution in [3.8, 4) is 0 Å². The number of carbonyl (C=O) groups is 2. The summed E-state index contributed by atoms with van der Waals surface area (Å²) in [6, 6.07) is 0.